The molecule has 1 atom stereocenters. The summed E-state index contributed by atoms with van der Waals surface area (Å²) in [6.45, 7) is 2.08. The average molecular weight is 371 g/mol. The number of halogens is 2. The zero-order valence-electron chi connectivity index (χ0n) is 8.80. The number of nitrogens with one attached hydrogen (secondary N) is 1. The predicted molar refractivity (Wildman–Crippen MR) is 73.0 cm³/mol. The van der Waals surface area contributed by atoms with Gasteiger partial charge in [-0.15, -0.1) is 11.3 Å². The highest BCUT2D eigenvalue weighted by Gasteiger charge is 2.15. The van der Waals surface area contributed by atoms with Crippen molar-refractivity contribution in [2.75, 3.05) is 6.61 Å². The first-order valence-corrected chi connectivity index (χ1v) is 7.35. The van der Waals surface area contributed by atoms with Crippen molar-refractivity contribution in [3.05, 3.63) is 19.2 Å². The third kappa shape index (κ3) is 3.84. The number of carbonyl (C=O) groups excluding carboxylic acids is 1. The maximum Gasteiger partial charge on any atom is 0.261 e. The summed E-state index contributed by atoms with van der Waals surface area (Å²) in [5, 5.41) is 11.7. The molecule has 3 nitrogen and oxygen atoms in total. The van der Waals surface area contributed by atoms with E-state index in [0.29, 0.717) is 11.3 Å². The Balaban J connectivity index is 2.64. The molecule has 1 unspecified atom stereocenters. The Labute approximate surface area is 116 Å². The van der Waals surface area contributed by atoms with Crippen LogP contribution in [-0.2, 0) is 0 Å². The van der Waals surface area contributed by atoms with Gasteiger partial charge in [0, 0.05) is 17.1 Å². The van der Waals surface area contributed by atoms with Crippen LogP contribution in [0, 0.1) is 0 Å². The van der Waals surface area contributed by atoms with E-state index in [2.05, 4.69) is 37.2 Å². The van der Waals surface area contributed by atoms with Gasteiger partial charge in [0.15, 0.2) is 0 Å². The van der Waals surface area contributed by atoms with E-state index < -0.39 is 0 Å². The Bertz CT molecular complexity index is 348. The van der Waals surface area contributed by atoms with E-state index >= 15 is 0 Å². The highest BCUT2D eigenvalue weighted by Crippen LogP contribution is 2.32. The molecular formula is C10H13Br2NO2S. The molecule has 0 spiro atoms. The molecule has 0 radical (unpaired) electrons. The Kier molecular flexibility index (Phi) is 5.96. The Morgan fingerprint density at radius 2 is 2.31 bits per heavy atom. The van der Waals surface area contributed by atoms with Crippen LogP contribution in [0.5, 0.6) is 0 Å². The van der Waals surface area contributed by atoms with Crippen molar-refractivity contribution in [3.63, 3.8) is 0 Å². The first kappa shape index (κ1) is 14.2. The van der Waals surface area contributed by atoms with Gasteiger partial charge < -0.3 is 10.4 Å². The number of aliphatic hydroxyl groups is 1. The smallest absolute Gasteiger partial charge is 0.261 e. The summed E-state index contributed by atoms with van der Waals surface area (Å²) in [7, 11) is 0. The van der Waals surface area contributed by atoms with Crippen molar-refractivity contribution in [2.45, 2.75) is 25.8 Å². The summed E-state index contributed by atoms with van der Waals surface area (Å²) in [5.74, 6) is -0.0864. The number of hydrogen-bond donors (Lipinski definition) is 2. The van der Waals surface area contributed by atoms with Crippen molar-refractivity contribution < 1.29 is 9.90 Å². The third-order valence-electron chi connectivity index (χ3n) is 2.17. The lowest BCUT2D eigenvalue weighted by Crippen LogP contribution is -2.34. The highest BCUT2D eigenvalue weighted by atomic mass is 79.9. The summed E-state index contributed by atoms with van der Waals surface area (Å²) in [4.78, 5) is 12.5. The quantitative estimate of drug-likeness (QED) is 0.836. The molecule has 1 aromatic heterocycles. The first-order chi connectivity index (χ1) is 7.58. The van der Waals surface area contributed by atoms with Crippen LogP contribution < -0.4 is 5.32 Å². The van der Waals surface area contributed by atoms with Crippen LogP contribution in [-0.4, -0.2) is 23.7 Å². The second kappa shape index (κ2) is 6.74. The molecule has 2 N–H and O–H groups in total. The SMILES string of the molecule is CCC(CCO)NC(=O)c1cc(Br)c(Br)s1. The summed E-state index contributed by atoms with van der Waals surface area (Å²) < 4.78 is 1.80. The zero-order chi connectivity index (χ0) is 12.1. The van der Waals surface area contributed by atoms with Crippen LogP contribution in [0.1, 0.15) is 29.4 Å². The van der Waals surface area contributed by atoms with Gasteiger partial charge in [-0.1, -0.05) is 6.92 Å². The van der Waals surface area contributed by atoms with E-state index in [1.165, 1.54) is 11.3 Å². The monoisotopic (exact) mass is 369 g/mol. The van der Waals surface area contributed by atoms with Gasteiger partial charge in [0.1, 0.15) is 0 Å². The molecule has 1 aromatic rings. The molecule has 0 fully saturated rings. The molecule has 1 heterocycles. The molecule has 1 rings (SSSR count). The summed E-state index contributed by atoms with van der Waals surface area (Å²) in [6.07, 6.45) is 1.41. The van der Waals surface area contributed by atoms with E-state index in [1.54, 1.807) is 6.07 Å². The predicted octanol–water partition coefficient (Wildman–Crippen LogP) is 3.16. The zero-order valence-corrected chi connectivity index (χ0v) is 12.8. The van der Waals surface area contributed by atoms with Crippen molar-refractivity contribution >= 4 is 49.1 Å². The van der Waals surface area contributed by atoms with Gasteiger partial charge in [-0.25, -0.2) is 0 Å². The second-order valence-electron chi connectivity index (χ2n) is 3.32. The number of carbonyl (C=O) groups is 1. The molecule has 16 heavy (non-hydrogen) atoms. The van der Waals surface area contributed by atoms with E-state index in [0.717, 1.165) is 14.7 Å². The second-order valence-corrected chi connectivity index (χ2v) is 6.55. The minimum atomic E-state index is -0.0864. The van der Waals surface area contributed by atoms with Gasteiger partial charge in [0.2, 0.25) is 0 Å². The fourth-order valence-corrected chi connectivity index (χ4v) is 3.19. The largest absolute Gasteiger partial charge is 0.396 e. The van der Waals surface area contributed by atoms with Crippen LogP contribution in [0.4, 0.5) is 0 Å². The minimum absolute atomic E-state index is 0.0390. The van der Waals surface area contributed by atoms with Gasteiger partial charge in [0.25, 0.3) is 5.91 Å². The fourth-order valence-electron chi connectivity index (χ4n) is 1.25. The standard InChI is InChI=1S/C10H13Br2NO2S/c1-2-6(3-4-14)13-10(15)8-5-7(11)9(12)16-8/h5-6,14H,2-4H2,1H3,(H,13,15). The summed E-state index contributed by atoms with van der Waals surface area (Å²) >= 11 is 8.08. The summed E-state index contributed by atoms with van der Waals surface area (Å²) in [6, 6.07) is 1.83. The topological polar surface area (TPSA) is 49.3 Å². The minimum Gasteiger partial charge on any atom is -0.396 e. The Hall–Kier alpha value is 0.0900. The maximum atomic E-state index is 11.8. The number of amides is 1. The molecule has 0 aliphatic rings. The maximum absolute atomic E-state index is 11.8. The molecule has 90 valence electrons. The lowest BCUT2D eigenvalue weighted by atomic mass is 10.1. The molecule has 0 aliphatic heterocycles. The third-order valence-corrected chi connectivity index (χ3v) is 5.43. The lowest BCUT2D eigenvalue weighted by molar-refractivity contribution is 0.0933. The molecular weight excluding hydrogens is 358 g/mol. The number of aliphatic hydroxyl groups excluding tert-OH is 1. The van der Waals surface area contributed by atoms with Crippen LogP contribution >= 0.6 is 43.2 Å². The van der Waals surface area contributed by atoms with E-state index in [9.17, 15) is 4.79 Å². The first-order valence-electron chi connectivity index (χ1n) is 4.95. The highest BCUT2D eigenvalue weighted by molar-refractivity contribution is 9.13. The number of hydrogen-bond acceptors (Lipinski definition) is 3. The number of rotatable bonds is 5. The number of thiophene rings is 1. The molecule has 0 saturated heterocycles. The Morgan fingerprint density at radius 3 is 2.75 bits per heavy atom. The van der Waals surface area contributed by atoms with Gasteiger partial charge in [0.05, 0.1) is 8.66 Å². The molecule has 1 amide bonds. The Morgan fingerprint density at radius 1 is 1.62 bits per heavy atom. The average Bonchev–Trinajstić information content (AvgIpc) is 2.58. The molecule has 6 heteroatoms. The normalized spacial score (nSPS) is 12.5. The molecule has 0 bridgehead atoms. The van der Waals surface area contributed by atoms with Gasteiger partial charge in [-0.2, -0.15) is 0 Å². The fraction of sp³-hybridized carbons (Fsp3) is 0.500. The van der Waals surface area contributed by atoms with Crippen molar-refractivity contribution in [3.8, 4) is 0 Å². The van der Waals surface area contributed by atoms with Crippen molar-refractivity contribution in [2.24, 2.45) is 0 Å². The lowest BCUT2D eigenvalue weighted by Gasteiger charge is -2.14. The van der Waals surface area contributed by atoms with E-state index in [1.807, 2.05) is 6.92 Å². The molecule has 0 saturated carbocycles. The van der Waals surface area contributed by atoms with Crippen LogP contribution in [0.25, 0.3) is 0 Å². The molecule has 0 aliphatic carbocycles. The van der Waals surface area contributed by atoms with Crippen LogP contribution in [0.15, 0.2) is 14.3 Å². The van der Waals surface area contributed by atoms with Crippen molar-refractivity contribution in [1.29, 1.82) is 0 Å². The van der Waals surface area contributed by atoms with Crippen molar-refractivity contribution in [1.82, 2.24) is 5.32 Å². The van der Waals surface area contributed by atoms with E-state index in [4.69, 9.17) is 5.11 Å². The van der Waals surface area contributed by atoms with Gasteiger partial charge >= 0.3 is 0 Å². The van der Waals surface area contributed by atoms with Crippen LogP contribution in [0.2, 0.25) is 0 Å². The summed E-state index contributed by atoms with van der Waals surface area (Å²) in [5.41, 5.74) is 0. The van der Waals surface area contributed by atoms with Gasteiger partial charge in [-0.3, -0.25) is 4.79 Å². The van der Waals surface area contributed by atoms with Crippen LogP contribution in [0.3, 0.4) is 0 Å². The molecule has 0 aromatic carbocycles. The van der Waals surface area contributed by atoms with E-state index in [-0.39, 0.29) is 18.6 Å². The van der Waals surface area contributed by atoms with Gasteiger partial charge in [-0.05, 0) is 50.8 Å².